The fourth-order valence-electron chi connectivity index (χ4n) is 4.37. The average Bonchev–Trinajstić information content (AvgIpc) is 3.07. The minimum absolute atomic E-state index is 0.484. The predicted octanol–water partition coefficient (Wildman–Crippen LogP) is 1.68. The first kappa shape index (κ1) is 12.8. The van der Waals surface area contributed by atoms with E-state index in [9.17, 15) is 0 Å². The van der Waals surface area contributed by atoms with Crippen molar-refractivity contribution in [3.05, 3.63) is 35.9 Å². The van der Waals surface area contributed by atoms with Crippen molar-refractivity contribution >= 4 is 0 Å². The van der Waals surface area contributed by atoms with E-state index < -0.39 is 0 Å². The van der Waals surface area contributed by atoms with Gasteiger partial charge in [-0.1, -0.05) is 30.3 Å². The van der Waals surface area contributed by atoms with Crippen LogP contribution in [-0.4, -0.2) is 47.6 Å². The van der Waals surface area contributed by atoms with Crippen LogP contribution in [0.2, 0.25) is 0 Å². The number of benzene rings is 1. The van der Waals surface area contributed by atoms with E-state index in [2.05, 4.69) is 40.1 Å². The van der Waals surface area contributed by atoms with Crippen LogP contribution in [0.5, 0.6) is 0 Å². The zero-order valence-electron chi connectivity index (χ0n) is 12.1. The number of hydrogen-bond acceptors (Lipinski definition) is 3. The van der Waals surface area contributed by atoms with Crippen LogP contribution < -0.4 is 5.73 Å². The third-order valence-corrected chi connectivity index (χ3v) is 5.68. The molecule has 3 heteroatoms. The van der Waals surface area contributed by atoms with Crippen molar-refractivity contribution in [1.29, 1.82) is 0 Å². The molecular weight excluding hydrogens is 246 g/mol. The Morgan fingerprint density at radius 2 is 1.85 bits per heavy atom. The highest BCUT2D eigenvalue weighted by Gasteiger charge is 2.51. The van der Waals surface area contributed by atoms with Crippen LogP contribution in [0.1, 0.15) is 24.8 Å². The fraction of sp³-hybridized carbons (Fsp3) is 0.647. The van der Waals surface area contributed by atoms with Crippen molar-refractivity contribution in [3.63, 3.8) is 0 Å². The molecule has 108 valence electrons. The molecule has 4 aliphatic rings. The summed E-state index contributed by atoms with van der Waals surface area (Å²) in [5.74, 6) is 0.808. The van der Waals surface area contributed by atoms with Gasteiger partial charge < -0.3 is 5.73 Å². The maximum atomic E-state index is 6.20. The van der Waals surface area contributed by atoms with Gasteiger partial charge in [0.05, 0.1) is 0 Å². The van der Waals surface area contributed by atoms with Gasteiger partial charge in [-0.2, -0.15) is 0 Å². The maximum Gasteiger partial charge on any atom is 0.0257 e. The molecule has 1 aliphatic carbocycles. The highest BCUT2D eigenvalue weighted by Crippen LogP contribution is 2.42. The van der Waals surface area contributed by atoms with Crippen LogP contribution in [0.4, 0.5) is 0 Å². The Morgan fingerprint density at radius 3 is 2.45 bits per heavy atom. The molecule has 3 saturated heterocycles. The van der Waals surface area contributed by atoms with Crippen molar-refractivity contribution in [2.75, 3.05) is 19.6 Å². The number of rotatable bonds is 3. The molecule has 0 aromatic heterocycles. The standard InChI is InChI=1S/C17H25N3/c18-17-14-10-16(17)20(12-14)15-6-8-19(9-7-15)11-13-4-2-1-3-5-13/h1-5,14-17H,6-12,18H2. The Morgan fingerprint density at radius 1 is 1.10 bits per heavy atom. The molecule has 1 saturated carbocycles. The Balaban J connectivity index is 1.30. The maximum absolute atomic E-state index is 6.20. The highest BCUT2D eigenvalue weighted by molar-refractivity contribution is 5.14. The summed E-state index contributed by atoms with van der Waals surface area (Å²) in [7, 11) is 0. The summed E-state index contributed by atoms with van der Waals surface area (Å²) in [6.07, 6.45) is 4.01. The van der Waals surface area contributed by atoms with Crippen LogP contribution in [0.3, 0.4) is 0 Å². The van der Waals surface area contributed by atoms with E-state index in [1.165, 1.54) is 44.5 Å². The number of hydrogen-bond donors (Lipinski definition) is 1. The third kappa shape index (κ3) is 2.18. The molecule has 20 heavy (non-hydrogen) atoms. The molecule has 3 unspecified atom stereocenters. The van der Waals surface area contributed by atoms with Crippen molar-refractivity contribution < 1.29 is 0 Å². The first-order chi connectivity index (χ1) is 9.81. The zero-order chi connectivity index (χ0) is 13.5. The number of nitrogens with two attached hydrogens (primary N) is 1. The van der Waals surface area contributed by atoms with Crippen LogP contribution in [0.15, 0.2) is 30.3 Å². The van der Waals surface area contributed by atoms with E-state index in [0.717, 1.165) is 18.5 Å². The molecule has 1 aromatic carbocycles. The van der Waals surface area contributed by atoms with Gasteiger partial charge in [-0.05, 0) is 43.8 Å². The molecule has 1 aromatic rings. The fourth-order valence-corrected chi connectivity index (χ4v) is 4.37. The number of fused-ring (bicyclic) bond motifs is 1. The predicted molar refractivity (Wildman–Crippen MR) is 81.3 cm³/mol. The summed E-state index contributed by atoms with van der Waals surface area (Å²) in [4.78, 5) is 5.33. The lowest BCUT2D eigenvalue weighted by molar-refractivity contribution is 0.0950. The Bertz CT molecular complexity index is 453. The van der Waals surface area contributed by atoms with Crippen LogP contribution >= 0.6 is 0 Å². The van der Waals surface area contributed by atoms with E-state index in [0.29, 0.717) is 12.1 Å². The average molecular weight is 271 g/mol. The summed E-state index contributed by atoms with van der Waals surface area (Å²) < 4.78 is 0. The van der Waals surface area contributed by atoms with Gasteiger partial charge in [-0.15, -0.1) is 0 Å². The second kappa shape index (κ2) is 5.14. The molecule has 2 N–H and O–H groups in total. The van der Waals surface area contributed by atoms with E-state index >= 15 is 0 Å². The summed E-state index contributed by atoms with van der Waals surface area (Å²) in [5.41, 5.74) is 7.64. The first-order valence-electron chi connectivity index (χ1n) is 8.09. The molecule has 4 fully saturated rings. The molecule has 5 rings (SSSR count). The largest absolute Gasteiger partial charge is 0.326 e. The molecule has 3 heterocycles. The van der Waals surface area contributed by atoms with Gasteiger partial charge in [0, 0.05) is 31.2 Å². The zero-order valence-corrected chi connectivity index (χ0v) is 12.1. The second-order valence-corrected chi connectivity index (χ2v) is 6.83. The minimum atomic E-state index is 0.484. The molecule has 3 aliphatic heterocycles. The lowest BCUT2D eigenvalue weighted by Gasteiger charge is -2.40. The van der Waals surface area contributed by atoms with Gasteiger partial charge >= 0.3 is 0 Å². The van der Waals surface area contributed by atoms with Crippen molar-refractivity contribution in [3.8, 4) is 0 Å². The van der Waals surface area contributed by atoms with Crippen molar-refractivity contribution in [1.82, 2.24) is 9.80 Å². The van der Waals surface area contributed by atoms with Gasteiger partial charge in [0.2, 0.25) is 0 Å². The van der Waals surface area contributed by atoms with E-state index in [1.54, 1.807) is 0 Å². The summed E-state index contributed by atoms with van der Waals surface area (Å²) in [6, 6.07) is 12.8. The monoisotopic (exact) mass is 271 g/mol. The molecule has 0 radical (unpaired) electrons. The summed E-state index contributed by atoms with van der Waals surface area (Å²) >= 11 is 0. The van der Waals surface area contributed by atoms with Crippen molar-refractivity contribution in [2.24, 2.45) is 11.7 Å². The molecule has 2 bridgehead atoms. The van der Waals surface area contributed by atoms with E-state index in [4.69, 9.17) is 5.73 Å². The SMILES string of the molecule is NC1C2CC1N(C1CCN(Cc3ccccc3)CC1)C2. The van der Waals surface area contributed by atoms with E-state index in [1.807, 2.05) is 0 Å². The molecular formula is C17H25N3. The highest BCUT2D eigenvalue weighted by atomic mass is 15.3. The third-order valence-electron chi connectivity index (χ3n) is 5.68. The molecule has 3 nitrogen and oxygen atoms in total. The van der Waals surface area contributed by atoms with Crippen LogP contribution in [0.25, 0.3) is 0 Å². The summed E-state index contributed by atoms with van der Waals surface area (Å²) in [6.45, 7) is 4.86. The molecule has 0 amide bonds. The smallest absolute Gasteiger partial charge is 0.0257 e. The number of likely N-dealkylation sites (tertiary alicyclic amines) is 1. The first-order valence-corrected chi connectivity index (χ1v) is 8.09. The van der Waals surface area contributed by atoms with Crippen molar-refractivity contribution in [2.45, 2.75) is 43.9 Å². The van der Waals surface area contributed by atoms with Crippen LogP contribution in [0, 0.1) is 5.92 Å². The van der Waals surface area contributed by atoms with Gasteiger partial charge in [0.25, 0.3) is 0 Å². The number of nitrogens with zero attached hydrogens (tertiary/aromatic N) is 2. The second-order valence-electron chi connectivity index (χ2n) is 6.83. The Kier molecular flexibility index (Phi) is 3.29. The normalized spacial score (nSPS) is 35.1. The molecule has 3 atom stereocenters. The molecule has 0 spiro atoms. The summed E-state index contributed by atoms with van der Waals surface area (Å²) in [5, 5.41) is 0. The van der Waals surface area contributed by atoms with Gasteiger partial charge in [0.15, 0.2) is 0 Å². The van der Waals surface area contributed by atoms with E-state index in [-0.39, 0.29) is 0 Å². The van der Waals surface area contributed by atoms with Crippen LogP contribution in [-0.2, 0) is 6.54 Å². The van der Waals surface area contributed by atoms with Gasteiger partial charge in [-0.25, -0.2) is 0 Å². The Labute approximate surface area is 121 Å². The topological polar surface area (TPSA) is 32.5 Å². The lowest BCUT2D eigenvalue weighted by atomic mass is 9.80. The van der Waals surface area contributed by atoms with Gasteiger partial charge in [-0.3, -0.25) is 9.80 Å². The number of piperidine rings is 1. The van der Waals surface area contributed by atoms with Gasteiger partial charge in [0.1, 0.15) is 0 Å². The Hall–Kier alpha value is -0.900. The lowest BCUT2D eigenvalue weighted by Crippen LogP contribution is -2.53. The quantitative estimate of drug-likeness (QED) is 0.908. The minimum Gasteiger partial charge on any atom is -0.326 e.